The van der Waals surface area contributed by atoms with Crippen molar-refractivity contribution in [2.75, 3.05) is 26.7 Å². The van der Waals surface area contributed by atoms with Crippen LogP contribution in [0.1, 0.15) is 11.3 Å². The molecule has 2 aromatic carbocycles. The van der Waals surface area contributed by atoms with E-state index in [-0.39, 0.29) is 23.8 Å². The fraction of sp³-hybridized carbons (Fsp3) is 0.308. The van der Waals surface area contributed by atoms with Crippen LogP contribution < -0.4 is 11.1 Å². The molecule has 1 atom stereocenters. The predicted molar refractivity (Wildman–Crippen MR) is 135 cm³/mol. The minimum Gasteiger partial charge on any atom is -0.374 e. The second kappa shape index (κ2) is 10.2. The van der Waals surface area contributed by atoms with Gasteiger partial charge in [-0.3, -0.25) is 14.7 Å². The monoisotopic (exact) mass is 494 g/mol. The Morgan fingerprint density at radius 3 is 2.63 bits per heavy atom. The van der Waals surface area contributed by atoms with Crippen molar-refractivity contribution in [3.05, 3.63) is 97.7 Å². The number of aromatic nitrogens is 3. The Kier molecular flexibility index (Phi) is 6.88. The molecule has 1 N–H and O–H groups in total. The predicted octanol–water partition coefficient (Wildman–Crippen LogP) is 3.18. The van der Waals surface area contributed by atoms with Gasteiger partial charge in [0.25, 0.3) is 11.1 Å². The standard InChI is InChI=1S/C26H27ClN4O4/c1-29-11-12-35-19(14-29)15-30-23(17-34-16-18-7-3-2-4-8-18)25-21(13-24(30)32)28-31(26(25)33)22-10-6-5-9-20(22)27/h2-10,13,19,28H,11-12,14-17H2,1H3. The topological polar surface area (TPSA) is 81.5 Å². The van der Waals surface area contributed by atoms with Crippen LogP contribution >= 0.6 is 11.6 Å². The lowest BCUT2D eigenvalue weighted by Crippen LogP contribution is -2.43. The molecule has 0 spiro atoms. The molecule has 0 bridgehead atoms. The largest absolute Gasteiger partial charge is 0.374 e. The lowest BCUT2D eigenvalue weighted by atomic mass is 10.2. The summed E-state index contributed by atoms with van der Waals surface area (Å²) in [5.74, 6) is 0. The minimum atomic E-state index is -0.290. The van der Waals surface area contributed by atoms with E-state index in [1.54, 1.807) is 28.8 Å². The van der Waals surface area contributed by atoms with Crippen molar-refractivity contribution in [3.63, 3.8) is 0 Å². The lowest BCUT2D eigenvalue weighted by molar-refractivity contribution is -0.0289. The van der Waals surface area contributed by atoms with Crippen molar-refractivity contribution in [3.8, 4) is 5.69 Å². The van der Waals surface area contributed by atoms with Gasteiger partial charge in [0.1, 0.15) is 0 Å². The Hall–Kier alpha value is -3.17. The molecule has 35 heavy (non-hydrogen) atoms. The van der Waals surface area contributed by atoms with Gasteiger partial charge in [-0.25, -0.2) is 4.68 Å². The van der Waals surface area contributed by atoms with Crippen molar-refractivity contribution < 1.29 is 9.47 Å². The number of ether oxygens (including phenoxy) is 2. The average molecular weight is 495 g/mol. The number of halogens is 1. The molecule has 1 aliphatic rings. The summed E-state index contributed by atoms with van der Waals surface area (Å²) in [5.41, 5.74) is 1.97. The number of nitrogens with zero attached hydrogens (tertiary/aromatic N) is 3. The molecule has 0 radical (unpaired) electrons. The van der Waals surface area contributed by atoms with Gasteiger partial charge in [-0.15, -0.1) is 0 Å². The molecule has 1 unspecified atom stereocenters. The first kappa shape index (κ1) is 23.6. The number of hydrogen-bond donors (Lipinski definition) is 1. The molecule has 3 heterocycles. The number of nitrogens with one attached hydrogen (secondary N) is 1. The summed E-state index contributed by atoms with van der Waals surface area (Å²) < 4.78 is 14.9. The third-order valence-corrected chi connectivity index (χ3v) is 6.56. The van der Waals surface area contributed by atoms with Gasteiger partial charge in [0.15, 0.2) is 0 Å². The number of pyridine rings is 1. The van der Waals surface area contributed by atoms with Gasteiger partial charge < -0.3 is 18.9 Å². The second-order valence-corrected chi connectivity index (χ2v) is 9.17. The Morgan fingerprint density at radius 1 is 1.09 bits per heavy atom. The van der Waals surface area contributed by atoms with Crippen molar-refractivity contribution in [1.29, 1.82) is 0 Å². The second-order valence-electron chi connectivity index (χ2n) is 8.77. The number of para-hydroxylation sites is 1. The van der Waals surface area contributed by atoms with Crippen LogP contribution in [0.5, 0.6) is 0 Å². The summed E-state index contributed by atoms with van der Waals surface area (Å²) in [6.45, 7) is 2.93. The highest BCUT2D eigenvalue weighted by Gasteiger charge is 2.23. The number of morpholine rings is 1. The van der Waals surface area contributed by atoms with Crippen LogP contribution in [0, 0.1) is 0 Å². The summed E-state index contributed by atoms with van der Waals surface area (Å²) in [7, 11) is 2.03. The zero-order chi connectivity index (χ0) is 24.4. The van der Waals surface area contributed by atoms with Crippen molar-refractivity contribution in [2.24, 2.45) is 0 Å². The fourth-order valence-corrected chi connectivity index (χ4v) is 4.70. The smallest absolute Gasteiger partial charge is 0.281 e. The molecule has 1 saturated heterocycles. The van der Waals surface area contributed by atoms with Crippen LogP contribution in [-0.2, 0) is 29.2 Å². The Labute approximate surface area is 207 Å². The zero-order valence-electron chi connectivity index (χ0n) is 19.4. The molecule has 1 fully saturated rings. The van der Waals surface area contributed by atoms with Gasteiger partial charge in [0, 0.05) is 19.2 Å². The maximum absolute atomic E-state index is 13.6. The number of fused-ring (bicyclic) bond motifs is 1. The minimum absolute atomic E-state index is 0.0969. The number of aromatic amines is 1. The van der Waals surface area contributed by atoms with E-state index in [9.17, 15) is 9.59 Å². The Morgan fingerprint density at radius 2 is 1.86 bits per heavy atom. The molecule has 0 amide bonds. The molecule has 2 aromatic heterocycles. The van der Waals surface area contributed by atoms with E-state index in [0.29, 0.717) is 53.6 Å². The van der Waals surface area contributed by atoms with Crippen molar-refractivity contribution in [2.45, 2.75) is 25.9 Å². The van der Waals surface area contributed by atoms with Crippen LogP contribution in [0.25, 0.3) is 16.6 Å². The molecule has 9 heteroatoms. The van der Waals surface area contributed by atoms with Crippen molar-refractivity contribution in [1.82, 2.24) is 19.2 Å². The number of H-pyrrole nitrogens is 1. The van der Waals surface area contributed by atoms with Crippen LogP contribution in [0.15, 0.2) is 70.3 Å². The van der Waals surface area contributed by atoms with Crippen LogP contribution in [0.4, 0.5) is 0 Å². The molecule has 5 rings (SSSR count). The molecular weight excluding hydrogens is 468 g/mol. The normalized spacial score (nSPS) is 16.7. The van der Waals surface area contributed by atoms with Crippen LogP contribution in [-0.4, -0.2) is 52.1 Å². The first-order chi connectivity index (χ1) is 17.0. The number of hydrogen-bond acceptors (Lipinski definition) is 5. The van der Waals surface area contributed by atoms with Crippen LogP contribution in [0.2, 0.25) is 5.02 Å². The van der Waals surface area contributed by atoms with E-state index in [4.69, 9.17) is 21.1 Å². The molecule has 4 aromatic rings. The molecule has 0 aliphatic carbocycles. The quantitative estimate of drug-likeness (QED) is 0.427. The Balaban J connectivity index is 1.58. The van der Waals surface area contributed by atoms with Crippen LogP contribution in [0.3, 0.4) is 0 Å². The van der Waals surface area contributed by atoms with Gasteiger partial charge >= 0.3 is 0 Å². The van der Waals surface area contributed by atoms with E-state index >= 15 is 0 Å². The third kappa shape index (κ3) is 4.97. The maximum Gasteiger partial charge on any atom is 0.281 e. The summed E-state index contributed by atoms with van der Waals surface area (Å²) in [5, 5.41) is 3.89. The lowest BCUT2D eigenvalue weighted by Gasteiger charge is -2.31. The Bertz CT molecular complexity index is 1440. The summed E-state index contributed by atoms with van der Waals surface area (Å²) in [6.07, 6.45) is -0.165. The number of rotatable bonds is 7. The maximum atomic E-state index is 13.6. The number of benzene rings is 2. The van der Waals surface area contributed by atoms with E-state index in [0.717, 1.165) is 12.1 Å². The molecule has 1 aliphatic heterocycles. The average Bonchev–Trinajstić information content (AvgIpc) is 3.17. The highest BCUT2D eigenvalue weighted by atomic mass is 35.5. The van der Waals surface area contributed by atoms with E-state index in [1.807, 2.05) is 37.4 Å². The zero-order valence-corrected chi connectivity index (χ0v) is 20.2. The highest BCUT2D eigenvalue weighted by molar-refractivity contribution is 6.32. The van der Waals surface area contributed by atoms with E-state index in [2.05, 4.69) is 10.00 Å². The third-order valence-electron chi connectivity index (χ3n) is 6.24. The summed E-state index contributed by atoms with van der Waals surface area (Å²) in [4.78, 5) is 29.0. The fourth-order valence-electron chi connectivity index (χ4n) is 4.48. The first-order valence-electron chi connectivity index (χ1n) is 11.6. The highest BCUT2D eigenvalue weighted by Crippen LogP contribution is 2.21. The molecular formula is C26H27ClN4O4. The molecule has 0 saturated carbocycles. The van der Waals surface area contributed by atoms with E-state index < -0.39 is 0 Å². The van der Waals surface area contributed by atoms with Gasteiger partial charge in [-0.05, 0) is 24.7 Å². The number of likely N-dealkylation sites (N-methyl/N-ethyl adjacent to an activating group) is 1. The van der Waals surface area contributed by atoms with Gasteiger partial charge in [-0.1, -0.05) is 54.1 Å². The molecule has 182 valence electrons. The van der Waals surface area contributed by atoms with E-state index in [1.165, 1.54) is 10.7 Å². The summed E-state index contributed by atoms with van der Waals surface area (Å²) in [6, 6.07) is 18.3. The summed E-state index contributed by atoms with van der Waals surface area (Å²) >= 11 is 6.36. The first-order valence-corrected chi connectivity index (χ1v) is 11.9. The molecule has 8 nitrogen and oxygen atoms in total. The van der Waals surface area contributed by atoms with Gasteiger partial charge in [0.05, 0.1) is 59.8 Å². The van der Waals surface area contributed by atoms with Crippen molar-refractivity contribution >= 4 is 22.5 Å². The SMILES string of the molecule is CN1CCOC(Cn2c(COCc3ccccc3)c3c(=O)n(-c4ccccc4Cl)[nH]c3cc2=O)C1. The van der Waals surface area contributed by atoms with Gasteiger partial charge in [-0.2, -0.15) is 0 Å². The van der Waals surface area contributed by atoms with Gasteiger partial charge in [0.2, 0.25) is 0 Å².